The molecular formula is C16H20N4O3S. The topological polar surface area (TPSA) is 111 Å². The monoisotopic (exact) mass is 348 g/mol. The molecule has 0 spiro atoms. The number of carbonyl (C=O) groups is 2. The number of aryl methyl sites for hydroxylation is 2. The van der Waals surface area contributed by atoms with Crippen LogP contribution in [0.3, 0.4) is 0 Å². The van der Waals surface area contributed by atoms with Gasteiger partial charge in [-0.15, -0.1) is 10.2 Å². The third kappa shape index (κ3) is 4.35. The van der Waals surface area contributed by atoms with E-state index < -0.39 is 17.2 Å². The molecule has 0 fully saturated rings. The van der Waals surface area contributed by atoms with Crippen molar-refractivity contribution in [1.82, 2.24) is 15.5 Å². The molecule has 0 aliphatic rings. The Morgan fingerprint density at radius 2 is 1.92 bits per heavy atom. The van der Waals surface area contributed by atoms with Crippen LogP contribution in [0, 0.1) is 19.8 Å². The Morgan fingerprint density at radius 1 is 1.21 bits per heavy atom. The number of hydrogen-bond donors (Lipinski definition) is 2. The molecule has 3 amide bonds. The quantitative estimate of drug-likeness (QED) is 0.804. The summed E-state index contributed by atoms with van der Waals surface area (Å²) in [6, 6.07) is 4.98. The van der Waals surface area contributed by atoms with Crippen LogP contribution in [0.15, 0.2) is 27.8 Å². The average molecular weight is 348 g/mol. The SMILES string of the molecule is Cc1ccc(-c2nnc(S[C@@H](C(=O)NC(N)=O)C(C)C)o2)cc1C. The molecule has 2 rings (SSSR count). The highest BCUT2D eigenvalue weighted by molar-refractivity contribution is 8.00. The van der Waals surface area contributed by atoms with Crippen molar-refractivity contribution in [2.24, 2.45) is 11.7 Å². The predicted molar refractivity (Wildman–Crippen MR) is 91.4 cm³/mol. The maximum absolute atomic E-state index is 12.0. The van der Waals surface area contributed by atoms with E-state index in [1.807, 2.05) is 45.9 Å². The summed E-state index contributed by atoms with van der Waals surface area (Å²) in [5.74, 6) is -0.141. The summed E-state index contributed by atoms with van der Waals surface area (Å²) < 4.78 is 5.64. The molecule has 2 aromatic rings. The summed E-state index contributed by atoms with van der Waals surface area (Å²) in [5.41, 5.74) is 8.12. The maximum atomic E-state index is 12.0. The van der Waals surface area contributed by atoms with E-state index in [9.17, 15) is 9.59 Å². The number of amides is 3. The van der Waals surface area contributed by atoms with Crippen LogP contribution < -0.4 is 11.1 Å². The first kappa shape index (κ1) is 18.0. The molecule has 0 saturated heterocycles. The van der Waals surface area contributed by atoms with E-state index in [1.54, 1.807) is 0 Å². The van der Waals surface area contributed by atoms with Gasteiger partial charge in [0.15, 0.2) is 0 Å². The van der Waals surface area contributed by atoms with Gasteiger partial charge in [-0.1, -0.05) is 31.7 Å². The number of nitrogens with two attached hydrogens (primary N) is 1. The highest BCUT2D eigenvalue weighted by atomic mass is 32.2. The molecule has 1 aromatic carbocycles. The Hall–Kier alpha value is -2.35. The molecule has 24 heavy (non-hydrogen) atoms. The lowest BCUT2D eigenvalue weighted by molar-refractivity contribution is -0.120. The van der Waals surface area contributed by atoms with E-state index in [1.165, 1.54) is 5.56 Å². The standard InChI is InChI=1S/C16H20N4O3S/c1-8(2)12(13(21)18-15(17)22)24-16-20-19-14(23-16)11-6-5-9(3)10(4)7-11/h5-8,12H,1-4H3,(H3,17,18,21,22)/t12-/m1/s1. The fourth-order valence-electron chi connectivity index (χ4n) is 2.04. The number of rotatable bonds is 5. The van der Waals surface area contributed by atoms with Crippen LogP contribution >= 0.6 is 11.8 Å². The third-order valence-electron chi connectivity index (χ3n) is 3.50. The van der Waals surface area contributed by atoms with Crippen LogP contribution in [-0.4, -0.2) is 27.4 Å². The van der Waals surface area contributed by atoms with Crippen molar-refractivity contribution >= 4 is 23.7 Å². The van der Waals surface area contributed by atoms with E-state index >= 15 is 0 Å². The normalized spacial score (nSPS) is 12.2. The Morgan fingerprint density at radius 3 is 2.50 bits per heavy atom. The Labute approximate surface area is 144 Å². The molecule has 0 aliphatic heterocycles. The van der Waals surface area contributed by atoms with E-state index in [0.717, 1.165) is 22.9 Å². The number of primary amides is 1. The van der Waals surface area contributed by atoms with Gasteiger partial charge in [0.2, 0.25) is 11.8 Å². The number of urea groups is 1. The molecule has 1 atom stereocenters. The van der Waals surface area contributed by atoms with Crippen molar-refractivity contribution in [3.05, 3.63) is 29.3 Å². The summed E-state index contributed by atoms with van der Waals surface area (Å²) in [4.78, 5) is 22.9. The van der Waals surface area contributed by atoms with E-state index in [4.69, 9.17) is 10.2 Å². The molecule has 128 valence electrons. The van der Waals surface area contributed by atoms with Gasteiger partial charge < -0.3 is 10.2 Å². The minimum atomic E-state index is -0.882. The molecule has 1 aromatic heterocycles. The summed E-state index contributed by atoms with van der Waals surface area (Å²) in [7, 11) is 0. The minimum absolute atomic E-state index is 0.0497. The number of imide groups is 1. The zero-order valence-electron chi connectivity index (χ0n) is 14.0. The molecular weight excluding hydrogens is 328 g/mol. The van der Waals surface area contributed by atoms with Crippen LogP contribution in [0.5, 0.6) is 0 Å². The molecule has 3 N–H and O–H groups in total. The molecule has 8 heteroatoms. The van der Waals surface area contributed by atoms with Crippen LogP contribution in [0.2, 0.25) is 0 Å². The van der Waals surface area contributed by atoms with Crippen molar-refractivity contribution in [3.63, 3.8) is 0 Å². The van der Waals surface area contributed by atoms with Crippen molar-refractivity contribution < 1.29 is 14.0 Å². The van der Waals surface area contributed by atoms with Gasteiger partial charge in [0.1, 0.15) is 0 Å². The summed E-state index contributed by atoms with van der Waals surface area (Å²) in [6.07, 6.45) is 0. The van der Waals surface area contributed by atoms with Crippen molar-refractivity contribution in [3.8, 4) is 11.5 Å². The number of hydrogen-bond acceptors (Lipinski definition) is 6. The predicted octanol–water partition coefficient (Wildman–Crippen LogP) is 2.67. The van der Waals surface area contributed by atoms with Crippen molar-refractivity contribution in [2.75, 3.05) is 0 Å². The van der Waals surface area contributed by atoms with Gasteiger partial charge in [-0.25, -0.2) is 4.79 Å². The van der Waals surface area contributed by atoms with Crippen molar-refractivity contribution in [2.45, 2.75) is 38.2 Å². The number of carbonyl (C=O) groups excluding carboxylic acids is 2. The number of thioether (sulfide) groups is 1. The zero-order chi connectivity index (χ0) is 17.9. The van der Waals surface area contributed by atoms with Crippen molar-refractivity contribution in [1.29, 1.82) is 0 Å². The highest BCUT2D eigenvalue weighted by Gasteiger charge is 2.27. The second-order valence-corrected chi connectivity index (χ2v) is 6.90. The lowest BCUT2D eigenvalue weighted by Gasteiger charge is -2.16. The zero-order valence-corrected chi connectivity index (χ0v) is 14.8. The van der Waals surface area contributed by atoms with Gasteiger partial charge >= 0.3 is 6.03 Å². The van der Waals surface area contributed by atoms with E-state index in [0.29, 0.717) is 5.89 Å². The van der Waals surface area contributed by atoms with Gasteiger partial charge in [0.05, 0.1) is 5.25 Å². The third-order valence-corrected chi connectivity index (χ3v) is 4.88. The number of aromatic nitrogens is 2. The van der Waals surface area contributed by atoms with Crippen LogP contribution in [0.1, 0.15) is 25.0 Å². The summed E-state index contributed by atoms with van der Waals surface area (Å²) in [5, 5.41) is 9.79. The second kappa shape index (κ2) is 7.48. The Balaban J connectivity index is 2.18. The summed E-state index contributed by atoms with van der Waals surface area (Å²) >= 11 is 1.11. The van der Waals surface area contributed by atoms with Crippen LogP contribution in [0.4, 0.5) is 4.79 Å². The molecule has 7 nitrogen and oxygen atoms in total. The summed E-state index contributed by atoms with van der Waals surface area (Å²) in [6.45, 7) is 7.75. The van der Waals surface area contributed by atoms with Gasteiger partial charge in [-0.2, -0.15) is 0 Å². The first-order valence-corrected chi connectivity index (χ1v) is 8.34. The molecule has 0 radical (unpaired) electrons. The lowest BCUT2D eigenvalue weighted by Crippen LogP contribution is -2.42. The smallest absolute Gasteiger partial charge is 0.318 e. The molecule has 0 aliphatic carbocycles. The Kier molecular flexibility index (Phi) is 5.61. The first-order valence-electron chi connectivity index (χ1n) is 7.46. The minimum Gasteiger partial charge on any atom is -0.411 e. The lowest BCUT2D eigenvalue weighted by atomic mass is 10.1. The maximum Gasteiger partial charge on any atom is 0.318 e. The Bertz CT molecular complexity index is 758. The highest BCUT2D eigenvalue weighted by Crippen LogP contribution is 2.30. The number of nitrogens with zero attached hydrogens (tertiary/aromatic N) is 2. The molecule has 1 heterocycles. The first-order chi connectivity index (χ1) is 11.3. The van der Waals surface area contributed by atoms with Gasteiger partial charge in [0, 0.05) is 5.56 Å². The largest absolute Gasteiger partial charge is 0.411 e. The molecule has 0 bridgehead atoms. The number of benzene rings is 1. The van der Waals surface area contributed by atoms with Gasteiger partial charge in [-0.05, 0) is 43.0 Å². The fraction of sp³-hybridized carbons (Fsp3) is 0.375. The van der Waals surface area contributed by atoms with Crippen LogP contribution in [-0.2, 0) is 4.79 Å². The van der Waals surface area contributed by atoms with E-state index in [-0.39, 0.29) is 11.1 Å². The second-order valence-electron chi connectivity index (χ2n) is 5.81. The van der Waals surface area contributed by atoms with Crippen LogP contribution in [0.25, 0.3) is 11.5 Å². The fourth-order valence-corrected chi connectivity index (χ4v) is 2.91. The van der Waals surface area contributed by atoms with Gasteiger partial charge in [0.25, 0.3) is 5.22 Å². The molecule has 0 saturated carbocycles. The average Bonchev–Trinajstić information content (AvgIpc) is 2.95. The van der Waals surface area contributed by atoms with Gasteiger partial charge in [-0.3, -0.25) is 10.1 Å². The molecule has 0 unspecified atom stereocenters. The van der Waals surface area contributed by atoms with E-state index in [2.05, 4.69) is 15.5 Å². The number of nitrogens with one attached hydrogen (secondary N) is 1.